The van der Waals surface area contributed by atoms with Crippen molar-refractivity contribution in [3.63, 3.8) is 0 Å². The number of nitrogens with one attached hydrogen (secondary N) is 1. The summed E-state index contributed by atoms with van der Waals surface area (Å²) in [5.41, 5.74) is 0.769. The van der Waals surface area contributed by atoms with Crippen molar-refractivity contribution < 1.29 is 4.79 Å². The number of imidazole rings is 1. The first-order valence-corrected chi connectivity index (χ1v) is 7.82. The van der Waals surface area contributed by atoms with Crippen molar-refractivity contribution in [2.45, 2.75) is 13.5 Å². The van der Waals surface area contributed by atoms with E-state index >= 15 is 0 Å². The van der Waals surface area contributed by atoms with Gasteiger partial charge in [0.25, 0.3) is 5.91 Å². The van der Waals surface area contributed by atoms with Crippen LogP contribution in [0.4, 0.5) is 0 Å². The minimum absolute atomic E-state index is 0.00457. The summed E-state index contributed by atoms with van der Waals surface area (Å²) in [6, 6.07) is 8.00. The lowest BCUT2D eigenvalue weighted by Crippen LogP contribution is -2.29. The van der Waals surface area contributed by atoms with E-state index in [2.05, 4.69) is 17.2 Å². The van der Waals surface area contributed by atoms with Crippen LogP contribution in [0.1, 0.15) is 17.3 Å². The molecule has 1 aromatic carbocycles. The number of carbonyl (C=O) groups excluding carboxylic acids is 1. The van der Waals surface area contributed by atoms with Gasteiger partial charge in [-0.2, -0.15) is 0 Å². The third-order valence-corrected chi connectivity index (χ3v) is 4.38. The summed E-state index contributed by atoms with van der Waals surface area (Å²) >= 11 is 1.61. The number of rotatable bonds is 5. The Kier molecular flexibility index (Phi) is 4.01. The first kappa shape index (κ1) is 13.8. The molecule has 3 aromatic rings. The molecule has 0 bridgehead atoms. The molecule has 21 heavy (non-hydrogen) atoms. The van der Waals surface area contributed by atoms with E-state index in [1.165, 1.54) is 0 Å². The van der Waals surface area contributed by atoms with E-state index in [1.54, 1.807) is 23.9 Å². The summed E-state index contributed by atoms with van der Waals surface area (Å²) in [6.45, 7) is 3.62. The zero-order valence-corrected chi connectivity index (χ0v) is 12.6. The van der Waals surface area contributed by atoms with Crippen LogP contribution >= 0.6 is 11.3 Å². The van der Waals surface area contributed by atoms with E-state index in [0.29, 0.717) is 12.5 Å². The molecule has 1 N–H and O–H groups in total. The SMILES string of the molecule is C[C@H](CNC(=O)c1csc2ccccc12)Cn1ccnc1. The molecule has 1 amide bonds. The van der Waals surface area contributed by atoms with Crippen molar-refractivity contribution in [2.24, 2.45) is 5.92 Å². The van der Waals surface area contributed by atoms with Crippen molar-refractivity contribution in [1.82, 2.24) is 14.9 Å². The Balaban J connectivity index is 1.61. The zero-order valence-electron chi connectivity index (χ0n) is 11.8. The Morgan fingerprint density at radius 3 is 3.10 bits per heavy atom. The van der Waals surface area contributed by atoms with Crippen molar-refractivity contribution in [1.29, 1.82) is 0 Å². The van der Waals surface area contributed by atoms with Crippen LogP contribution in [0, 0.1) is 5.92 Å². The molecule has 1 atom stereocenters. The highest BCUT2D eigenvalue weighted by molar-refractivity contribution is 7.17. The molecule has 0 radical (unpaired) electrons. The molecule has 0 unspecified atom stereocenters. The monoisotopic (exact) mass is 299 g/mol. The van der Waals surface area contributed by atoms with Gasteiger partial charge < -0.3 is 9.88 Å². The van der Waals surface area contributed by atoms with Crippen LogP contribution in [-0.4, -0.2) is 22.0 Å². The molecule has 0 aliphatic carbocycles. The fraction of sp³-hybridized carbons (Fsp3) is 0.250. The Hall–Kier alpha value is -2.14. The number of nitrogens with zero attached hydrogens (tertiary/aromatic N) is 2. The van der Waals surface area contributed by atoms with Crippen LogP contribution < -0.4 is 5.32 Å². The molecular formula is C16H17N3OS. The highest BCUT2D eigenvalue weighted by Gasteiger charge is 2.12. The van der Waals surface area contributed by atoms with Gasteiger partial charge in [-0.3, -0.25) is 4.79 Å². The van der Waals surface area contributed by atoms with Crippen LogP contribution in [-0.2, 0) is 6.54 Å². The van der Waals surface area contributed by atoms with Crippen molar-refractivity contribution in [3.05, 3.63) is 53.9 Å². The minimum atomic E-state index is 0.00457. The quantitative estimate of drug-likeness (QED) is 0.786. The lowest BCUT2D eigenvalue weighted by atomic mass is 10.1. The lowest BCUT2D eigenvalue weighted by molar-refractivity contribution is 0.0949. The van der Waals surface area contributed by atoms with E-state index in [4.69, 9.17) is 0 Å². The third-order valence-electron chi connectivity index (χ3n) is 3.42. The topological polar surface area (TPSA) is 46.9 Å². The molecule has 4 nitrogen and oxygen atoms in total. The number of thiophene rings is 1. The van der Waals surface area contributed by atoms with Gasteiger partial charge in [-0.05, 0) is 12.0 Å². The second-order valence-corrected chi connectivity index (χ2v) is 6.13. The maximum atomic E-state index is 12.3. The van der Waals surface area contributed by atoms with Gasteiger partial charge in [0.15, 0.2) is 0 Å². The van der Waals surface area contributed by atoms with Gasteiger partial charge in [-0.1, -0.05) is 25.1 Å². The largest absolute Gasteiger partial charge is 0.352 e. The number of carbonyl (C=O) groups is 1. The molecule has 5 heteroatoms. The van der Waals surface area contributed by atoms with E-state index in [-0.39, 0.29) is 5.91 Å². The van der Waals surface area contributed by atoms with Gasteiger partial charge in [-0.15, -0.1) is 11.3 Å². The van der Waals surface area contributed by atoms with E-state index in [1.807, 2.05) is 40.4 Å². The predicted molar refractivity (Wildman–Crippen MR) is 85.5 cm³/mol. The van der Waals surface area contributed by atoms with Gasteiger partial charge in [0.1, 0.15) is 0 Å². The summed E-state index contributed by atoms with van der Waals surface area (Å²) in [5, 5.41) is 5.98. The molecule has 0 saturated heterocycles. The predicted octanol–water partition coefficient (Wildman–Crippen LogP) is 3.16. The minimum Gasteiger partial charge on any atom is -0.352 e. The molecule has 3 rings (SSSR count). The molecule has 0 saturated carbocycles. The summed E-state index contributed by atoms with van der Waals surface area (Å²) in [4.78, 5) is 16.3. The maximum absolute atomic E-state index is 12.3. The fourth-order valence-corrected chi connectivity index (χ4v) is 3.28. The summed E-state index contributed by atoms with van der Waals surface area (Å²) in [5.74, 6) is 0.359. The molecule has 0 aliphatic rings. The van der Waals surface area contributed by atoms with Gasteiger partial charge in [0, 0.05) is 40.9 Å². The number of amides is 1. The van der Waals surface area contributed by atoms with Crippen molar-refractivity contribution in [3.8, 4) is 0 Å². The number of aromatic nitrogens is 2. The van der Waals surface area contributed by atoms with Gasteiger partial charge in [-0.25, -0.2) is 4.98 Å². The number of hydrogen-bond acceptors (Lipinski definition) is 3. The molecule has 0 fully saturated rings. The van der Waals surface area contributed by atoms with Crippen molar-refractivity contribution in [2.75, 3.05) is 6.54 Å². The van der Waals surface area contributed by atoms with Crippen LogP contribution in [0.5, 0.6) is 0 Å². The second kappa shape index (κ2) is 6.10. The molecule has 2 aromatic heterocycles. The summed E-state index contributed by atoms with van der Waals surface area (Å²) in [6.07, 6.45) is 5.50. The number of benzene rings is 1. The van der Waals surface area contributed by atoms with Crippen LogP contribution in [0.2, 0.25) is 0 Å². The average molecular weight is 299 g/mol. The van der Waals surface area contributed by atoms with E-state index in [0.717, 1.165) is 22.2 Å². The lowest BCUT2D eigenvalue weighted by Gasteiger charge is -2.13. The molecule has 0 aliphatic heterocycles. The third kappa shape index (κ3) is 3.13. The van der Waals surface area contributed by atoms with Crippen LogP contribution in [0.25, 0.3) is 10.1 Å². The Bertz CT molecular complexity index is 733. The smallest absolute Gasteiger partial charge is 0.252 e. The number of hydrogen-bond donors (Lipinski definition) is 1. The first-order valence-electron chi connectivity index (χ1n) is 6.94. The highest BCUT2D eigenvalue weighted by atomic mass is 32.1. The van der Waals surface area contributed by atoms with E-state index in [9.17, 15) is 4.79 Å². The summed E-state index contributed by atoms with van der Waals surface area (Å²) < 4.78 is 3.17. The maximum Gasteiger partial charge on any atom is 0.252 e. The highest BCUT2D eigenvalue weighted by Crippen LogP contribution is 2.25. The number of fused-ring (bicyclic) bond motifs is 1. The normalized spacial score (nSPS) is 12.4. The standard InChI is InChI=1S/C16H17N3OS/c1-12(9-19-7-6-17-11-19)8-18-16(20)14-10-21-15-5-3-2-4-13(14)15/h2-7,10-12H,8-9H2,1H3,(H,18,20)/t12-/m1/s1. The van der Waals surface area contributed by atoms with Crippen molar-refractivity contribution >= 4 is 27.3 Å². The molecule has 108 valence electrons. The Labute approximate surface area is 127 Å². The van der Waals surface area contributed by atoms with E-state index < -0.39 is 0 Å². The Morgan fingerprint density at radius 1 is 1.43 bits per heavy atom. The molecule has 2 heterocycles. The van der Waals surface area contributed by atoms with Crippen LogP contribution in [0.15, 0.2) is 48.4 Å². The molecular weight excluding hydrogens is 282 g/mol. The average Bonchev–Trinajstić information content (AvgIpc) is 3.13. The summed E-state index contributed by atoms with van der Waals surface area (Å²) in [7, 11) is 0. The van der Waals surface area contributed by atoms with Gasteiger partial charge in [0.2, 0.25) is 0 Å². The first-order chi connectivity index (χ1) is 10.2. The Morgan fingerprint density at radius 2 is 2.29 bits per heavy atom. The van der Waals surface area contributed by atoms with Gasteiger partial charge >= 0.3 is 0 Å². The second-order valence-electron chi connectivity index (χ2n) is 5.22. The van der Waals surface area contributed by atoms with Gasteiger partial charge in [0.05, 0.1) is 11.9 Å². The van der Waals surface area contributed by atoms with Crippen LogP contribution in [0.3, 0.4) is 0 Å². The molecule has 0 spiro atoms. The zero-order chi connectivity index (χ0) is 14.7. The fourth-order valence-electron chi connectivity index (χ4n) is 2.33.